The van der Waals surface area contributed by atoms with Gasteiger partial charge in [-0.2, -0.15) is 0 Å². The number of hydrogen-bond acceptors (Lipinski definition) is 3. The van der Waals surface area contributed by atoms with Gasteiger partial charge in [-0.1, -0.05) is 6.92 Å². The van der Waals surface area contributed by atoms with E-state index in [-0.39, 0.29) is 6.54 Å². The first-order valence-corrected chi connectivity index (χ1v) is 4.74. The van der Waals surface area contributed by atoms with Gasteiger partial charge in [0.05, 0.1) is 13.2 Å². The number of carboxylic acids is 1. The van der Waals surface area contributed by atoms with E-state index in [1.807, 2.05) is 11.8 Å². The largest absolute Gasteiger partial charge is 0.480 e. The molecule has 1 atom stereocenters. The quantitative estimate of drug-likeness (QED) is 0.678. The summed E-state index contributed by atoms with van der Waals surface area (Å²) < 4.78 is 5.23. The van der Waals surface area contributed by atoms with Crippen LogP contribution in [0, 0.1) is 5.92 Å². The third-order valence-corrected chi connectivity index (χ3v) is 2.35. The van der Waals surface area contributed by atoms with Crippen molar-refractivity contribution in [2.24, 2.45) is 5.92 Å². The highest BCUT2D eigenvalue weighted by Crippen LogP contribution is 2.13. The van der Waals surface area contributed by atoms with E-state index in [1.54, 1.807) is 0 Å². The molecule has 1 rings (SSSR count). The van der Waals surface area contributed by atoms with Crippen LogP contribution in [0.5, 0.6) is 0 Å². The molecule has 76 valence electrons. The van der Waals surface area contributed by atoms with E-state index in [0.29, 0.717) is 5.92 Å². The van der Waals surface area contributed by atoms with Crippen molar-refractivity contribution >= 4 is 5.97 Å². The standard InChI is InChI=1S/C9H17NO3/c1-2-10(6-9(11)12)5-8-3-4-13-7-8/h8H,2-7H2,1H3,(H,11,12). The van der Waals surface area contributed by atoms with Gasteiger partial charge in [-0.3, -0.25) is 9.69 Å². The zero-order valence-corrected chi connectivity index (χ0v) is 8.03. The summed E-state index contributed by atoms with van der Waals surface area (Å²) >= 11 is 0. The molecule has 0 aliphatic carbocycles. The molecule has 1 saturated heterocycles. The summed E-state index contributed by atoms with van der Waals surface area (Å²) in [7, 11) is 0. The summed E-state index contributed by atoms with van der Waals surface area (Å²) in [5, 5.41) is 8.62. The van der Waals surface area contributed by atoms with E-state index in [0.717, 1.165) is 32.7 Å². The van der Waals surface area contributed by atoms with Gasteiger partial charge >= 0.3 is 5.97 Å². The minimum atomic E-state index is -0.749. The number of aliphatic carboxylic acids is 1. The monoisotopic (exact) mass is 187 g/mol. The van der Waals surface area contributed by atoms with Crippen molar-refractivity contribution in [3.63, 3.8) is 0 Å². The molecule has 13 heavy (non-hydrogen) atoms. The lowest BCUT2D eigenvalue weighted by Gasteiger charge is -2.20. The van der Waals surface area contributed by atoms with E-state index in [2.05, 4.69) is 0 Å². The normalized spacial score (nSPS) is 22.5. The molecule has 1 aliphatic rings. The lowest BCUT2D eigenvalue weighted by Crippen LogP contribution is -2.34. The molecule has 1 N–H and O–H groups in total. The molecule has 0 amide bonds. The molecule has 4 heteroatoms. The maximum atomic E-state index is 10.5. The molecule has 0 saturated carbocycles. The molecule has 0 aromatic heterocycles. The van der Waals surface area contributed by atoms with Crippen molar-refractivity contribution in [1.29, 1.82) is 0 Å². The lowest BCUT2D eigenvalue weighted by molar-refractivity contribution is -0.138. The minimum absolute atomic E-state index is 0.146. The average molecular weight is 187 g/mol. The Morgan fingerprint density at radius 1 is 1.69 bits per heavy atom. The zero-order valence-electron chi connectivity index (χ0n) is 8.03. The number of rotatable bonds is 5. The van der Waals surface area contributed by atoms with E-state index < -0.39 is 5.97 Å². The van der Waals surface area contributed by atoms with E-state index in [1.165, 1.54) is 0 Å². The molecule has 1 aliphatic heterocycles. The summed E-state index contributed by atoms with van der Waals surface area (Å²) in [6.45, 7) is 5.39. The smallest absolute Gasteiger partial charge is 0.317 e. The second kappa shape index (κ2) is 5.19. The second-order valence-electron chi connectivity index (χ2n) is 3.45. The molecule has 4 nitrogen and oxygen atoms in total. The van der Waals surface area contributed by atoms with Crippen LogP contribution in [0.3, 0.4) is 0 Å². The maximum absolute atomic E-state index is 10.5. The number of ether oxygens (including phenoxy) is 1. The zero-order chi connectivity index (χ0) is 9.68. The van der Waals surface area contributed by atoms with Gasteiger partial charge in [-0.05, 0) is 18.9 Å². The van der Waals surface area contributed by atoms with Crippen molar-refractivity contribution in [2.45, 2.75) is 13.3 Å². The summed E-state index contributed by atoms with van der Waals surface area (Å²) in [5.74, 6) is -0.222. The van der Waals surface area contributed by atoms with Crippen LogP contribution in [0.15, 0.2) is 0 Å². The number of carboxylic acid groups (broad SMARTS) is 1. The summed E-state index contributed by atoms with van der Waals surface area (Å²) in [6.07, 6.45) is 1.07. The first-order valence-electron chi connectivity index (χ1n) is 4.74. The topological polar surface area (TPSA) is 49.8 Å². The van der Waals surface area contributed by atoms with Gasteiger partial charge in [0, 0.05) is 13.2 Å². The van der Waals surface area contributed by atoms with Gasteiger partial charge in [0.15, 0.2) is 0 Å². The first-order chi connectivity index (χ1) is 6.22. The Bertz CT molecular complexity index is 166. The molecule has 0 aromatic rings. The van der Waals surface area contributed by atoms with Crippen LogP contribution in [0.4, 0.5) is 0 Å². The number of nitrogens with zero attached hydrogens (tertiary/aromatic N) is 1. The van der Waals surface area contributed by atoms with Crippen molar-refractivity contribution in [3.05, 3.63) is 0 Å². The molecular weight excluding hydrogens is 170 g/mol. The highest BCUT2D eigenvalue weighted by atomic mass is 16.5. The molecule has 0 bridgehead atoms. The molecular formula is C9H17NO3. The Morgan fingerprint density at radius 2 is 2.46 bits per heavy atom. The Balaban J connectivity index is 2.25. The molecule has 0 radical (unpaired) electrons. The predicted octanol–water partition coefficient (Wildman–Crippen LogP) is 0.429. The highest BCUT2D eigenvalue weighted by Gasteiger charge is 2.19. The number of carbonyl (C=O) groups is 1. The van der Waals surface area contributed by atoms with Crippen LogP contribution in [-0.4, -0.2) is 48.8 Å². The fourth-order valence-electron chi connectivity index (χ4n) is 1.59. The van der Waals surface area contributed by atoms with E-state index >= 15 is 0 Å². The van der Waals surface area contributed by atoms with Crippen LogP contribution < -0.4 is 0 Å². The summed E-state index contributed by atoms with van der Waals surface area (Å²) in [5.41, 5.74) is 0. The molecule has 1 heterocycles. The predicted molar refractivity (Wildman–Crippen MR) is 48.7 cm³/mol. The Hall–Kier alpha value is -0.610. The Labute approximate surface area is 78.5 Å². The molecule has 1 fully saturated rings. The minimum Gasteiger partial charge on any atom is -0.480 e. The van der Waals surface area contributed by atoms with Crippen LogP contribution in [-0.2, 0) is 9.53 Å². The fraction of sp³-hybridized carbons (Fsp3) is 0.889. The Kier molecular flexibility index (Phi) is 4.18. The lowest BCUT2D eigenvalue weighted by atomic mass is 10.1. The summed E-state index contributed by atoms with van der Waals surface area (Å²) in [4.78, 5) is 12.4. The van der Waals surface area contributed by atoms with Crippen LogP contribution in [0.1, 0.15) is 13.3 Å². The molecule has 0 spiro atoms. The van der Waals surface area contributed by atoms with Crippen LogP contribution >= 0.6 is 0 Å². The van der Waals surface area contributed by atoms with Crippen molar-refractivity contribution in [2.75, 3.05) is 32.8 Å². The van der Waals surface area contributed by atoms with Crippen molar-refractivity contribution in [1.82, 2.24) is 4.90 Å². The van der Waals surface area contributed by atoms with Gasteiger partial charge in [0.2, 0.25) is 0 Å². The average Bonchev–Trinajstić information content (AvgIpc) is 2.55. The van der Waals surface area contributed by atoms with Gasteiger partial charge < -0.3 is 9.84 Å². The summed E-state index contributed by atoms with van der Waals surface area (Å²) in [6, 6.07) is 0. The SMILES string of the molecule is CCN(CC(=O)O)CC1CCOC1. The van der Waals surface area contributed by atoms with Gasteiger partial charge in [0.1, 0.15) is 0 Å². The number of hydrogen-bond donors (Lipinski definition) is 1. The van der Waals surface area contributed by atoms with E-state index in [9.17, 15) is 4.79 Å². The Morgan fingerprint density at radius 3 is 2.92 bits per heavy atom. The van der Waals surface area contributed by atoms with Crippen molar-refractivity contribution in [3.8, 4) is 0 Å². The highest BCUT2D eigenvalue weighted by molar-refractivity contribution is 5.69. The first kappa shape index (κ1) is 10.5. The second-order valence-corrected chi connectivity index (χ2v) is 3.45. The molecule has 1 unspecified atom stereocenters. The van der Waals surface area contributed by atoms with Gasteiger partial charge in [0.25, 0.3) is 0 Å². The van der Waals surface area contributed by atoms with Crippen LogP contribution in [0.2, 0.25) is 0 Å². The van der Waals surface area contributed by atoms with Crippen molar-refractivity contribution < 1.29 is 14.6 Å². The van der Waals surface area contributed by atoms with Gasteiger partial charge in [-0.15, -0.1) is 0 Å². The third kappa shape index (κ3) is 3.74. The molecule has 0 aromatic carbocycles. The maximum Gasteiger partial charge on any atom is 0.317 e. The van der Waals surface area contributed by atoms with Gasteiger partial charge in [-0.25, -0.2) is 0 Å². The van der Waals surface area contributed by atoms with Crippen LogP contribution in [0.25, 0.3) is 0 Å². The fourth-order valence-corrected chi connectivity index (χ4v) is 1.59. The third-order valence-electron chi connectivity index (χ3n) is 2.35. The van der Waals surface area contributed by atoms with E-state index in [4.69, 9.17) is 9.84 Å². The number of likely N-dealkylation sites (N-methyl/N-ethyl adjacent to an activating group) is 1.